The van der Waals surface area contributed by atoms with E-state index >= 15 is 0 Å². The van der Waals surface area contributed by atoms with Crippen molar-refractivity contribution in [3.05, 3.63) is 34.4 Å². The van der Waals surface area contributed by atoms with Crippen molar-refractivity contribution in [3.8, 4) is 5.75 Å². The number of aromatic nitrogens is 2. The summed E-state index contributed by atoms with van der Waals surface area (Å²) in [6.07, 6.45) is 1.43. The highest BCUT2D eigenvalue weighted by molar-refractivity contribution is 7.18. The van der Waals surface area contributed by atoms with E-state index in [4.69, 9.17) is 5.73 Å². The minimum absolute atomic E-state index is 0.208. The van der Waals surface area contributed by atoms with Gasteiger partial charge in [-0.1, -0.05) is 0 Å². The number of nitrogens with one attached hydrogen (secondary N) is 1. The van der Waals surface area contributed by atoms with Gasteiger partial charge >= 0.3 is 5.56 Å². The van der Waals surface area contributed by atoms with Gasteiger partial charge in [0.2, 0.25) is 5.75 Å². The van der Waals surface area contributed by atoms with Gasteiger partial charge in [-0.05, 0) is 21.5 Å². The second kappa shape index (κ2) is 4.03. The molecule has 2 rings (SSSR count). The van der Waals surface area contributed by atoms with Crippen LogP contribution in [0.5, 0.6) is 5.75 Å². The normalized spacial score (nSPS) is 10.4. The molecule has 0 aliphatic rings. The van der Waals surface area contributed by atoms with Crippen molar-refractivity contribution in [2.45, 2.75) is 0 Å². The number of carbonyl (C=O) groups is 1. The third kappa shape index (κ3) is 1.70. The Bertz CT molecular complexity index is 667. The lowest BCUT2D eigenvalue weighted by atomic mass is 10.3. The van der Waals surface area contributed by atoms with E-state index in [9.17, 15) is 14.7 Å². The Morgan fingerprint density at radius 2 is 2.29 bits per heavy atom. The molecule has 0 bridgehead atoms. The van der Waals surface area contributed by atoms with Gasteiger partial charge in [0.25, 0.3) is 5.91 Å². The minimum atomic E-state index is -0.958. The Hall–Kier alpha value is -2.14. The number of anilines is 1. The highest BCUT2D eigenvalue weighted by Crippen LogP contribution is 2.17. The summed E-state index contributed by atoms with van der Waals surface area (Å²) >= 11 is 0. The molecule has 0 radical (unpaired) electrons. The molecule has 0 aromatic carbocycles. The van der Waals surface area contributed by atoms with Gasteiger partial charge in [-0.15, -0.1) is 0 Å². The highest BCUT2D eigenvalue weighted by atomic mass is 31.0. The zero-order valence-corrected chi connectivity index (χ0v) is 9.70. The number of hydrogen-bond acceptors (Lipinski definition) is 5. The molecule has 0 fully saturated rings. The third-order valence-electron chi connectivity index (χ3n) is 2.22. The number of rotatable bonds is 2. The molecule has 0 aliphatic carbocycles. The molecular weight excluding hydrogens is 243 g/mol. The molecule has 88 valence electrons. The van der Waals surface area contributed by atoms with Gasteiger partial charge in [-0.2, -0.15) is 0 Å². The van der Waals surface area contributed by atoms with E-state index in [-0.39, 0.29) is 5.65 Å². The van der Waals surface area contributed by atoms with Crippen molar-refractivity contribution in [1.82, 2.24) is 9.38 Å². The molecule has 2 heterocycles. The zero-order valence-electron chi connectivity index (χ0n) is 8.54. The van der Waals surface area contributed by atoms with Crippen LogP contribution in [0.4, 0.5) is 5.69 Å². The van der Waals surface area contributed by atoms with Gasteiger partial charge in [0, 0.05) is 6.20 Å². The molecule has 17 heavy (non-hydrogen) atoms. The summed E-state index contributed by atoms with van der Waals surface area (Å²) in [4.78, 5) is 26.7. The van der Waals surface area contributed by atoms with Gasteiger partial charge in [-0.25, -0.2) is 4.98 Å². The van der Waals surface area contributed by atoms with Crippen molar-refractivity contribution in [1.29, 1.82) is 0 Å². The third-order valence-corrected chi connectivity index (χ3v) is 2.53. The molecular formula is C9H9N4O3P. The second-order valence-corrected chi connectivity index (χ2v) is 3.53. The van der Waals surface area contributed by atoms with Gasteiger partial charge < -0.3 is 15.9 Å². The van der Waals surface area contributed by atoms with Crippen molar-refractivity contribution >= 4 is 26.6 Å². The van der Waals surface area contributed by atoms with Crippen molar-refractivity contribution in [3.63, 3.8) is 0 Å². The van der Waals surface area contributed by atoms with Crippen LogP contribution < -0.4 is 16.4 Å². The van der Waals surface area contributed by atoms with Crippen molar-refractivity contribution in [2.75, 3.05) is 5.09 Å². The smallest absolute Gasteiger partial charge is 0.300 e. The summed E-state index contributed by atoms with van der Waals surface area (Å²) in [5.41, 5.74) is 4.56. The van der Waals surface area contributed by atoms with E-state index in [1.807, 2.05) is 0 Å². The number of pyridine rings is 1. The van der Waals surface area contributed by atoms with Crippen LogP contribution in [0.15, 0.2) is 23.1 Å². The van der Waals surface area contributed by atoms with Crippen LogP contribution in [-0.2, 0) is 0 Å². The number of fused-ring (bicyclic) bond motifs is 1. The molecule has 2 aromatic rings. The largest absolute Gasteiger partial charge is 0.501 e. The molecule has 7 nitrogen and oxygen atoms in total. The first-order valence-corrected chi connectivity index (χ1v) is 5.14. The first-order chi connectivity index (χ1) is 8.06. The molecule has 1 atom stereocenters. The van der Waals surface area contributed by atoms with Crippen LogP contribution in [0, 0.1) is 0 Å². The van der Waals surface area contributed by atoms with Gasteiger partial charge in [0.05, 0.1) is 5.69 Å². The maximum atomic E-state index is 11.8. The molecule has 2 aromatic heterocycles. The first-order valence-electron chi connectivity index (χ1n) is 4.57. The predicted molar refractivity (Wildman–Crippen MR) is 65.0 cm³/mol. The fraction of sp³-hybridized carbons (Fsp3) is 0. The van der Waals surface area contributed by atoms with E-state index in [2.05, 4.69) is 19.5 Å². The quantitative estimate of drug-likeness (QED) is 0.636. The lowest BCUT2D eigenvalue weighted by Crippen LogP contribution is -2.22. The number of aromatic hydroxyl groups is 1. The van der Waals surface area contributed by atoms with E-state index in [0.29, 0.717) is 5.69 Å². The second-order valence-electron chi connectivity index (χ2n) is 3.24. The number of primary amides is 1. The van der Waals surface area contributed by atoms with Crippen LogP contribution in [0.25, 0.3) is 5.65 Å². The standard InChI is InChI=1S/C9H9N4O3P/c10-7(15)5-6(14)9(16)13-3-1-2-4(12-17)8(13)11-5/h1-3,12,14H,17H2,(H2,10,15). The number of hydrogen-bond donors (Lipinski definition) is 3. The van der Waals surface area contributed by atoms with Crippen molar-refractivity contribution < 1.29 is 9.90 Å². The average molecular weight is 252 g/mol. The summed E-state index contributed by atoms with van der Waals surface area (Å²) < 4.78 is 1.12. The molecule has 0 spiro atoms. The van der Waals surface area contributed by atoms with E-state index in [1.165, 1.54) is 6.20 Å². The average Bonchev–Trinajstić information content (AvgIpc) is 2.32. The zero-order chi connectivity index (χ0) is 12.6. The molecule has 4 N–H and O–H groups in total. The molecule has 0 aliphatic heterocycles. The van der Waals surface area contributed by atoms with E-state index in [0.717, 1.165) is 4.40 Å². The number of carbonyl (C=O) groups excluding carboxylic acids is 1. The summed E-state index contributed by atoms with van der Waals surface area (Å²) in [5, 5.41) is 12.3. The molecule has 0 saturated heterocycles. The Labute approximate surface area is 97.5 Å². The minimum Gasteiger partial charge on any atom is -0.501 e. The first kappa shape index (κ1) is 11.3. The van der Waals surface area contributed by atoms with Crippen LogP contribution in [0.2, 0.25) is 0 Å². The predicted octanol–water partition coefficient (Wildman–Crippen LogP) is -0.299. The summed E-state index contributed by atoms with van der Waals surface area (Å²) in [6, 6.07) is 3.27. The summed E-state index contributed by atoms with van der Waals surface area (Å²) in [6.45, 7) is 0. The Morgan fingerprint density at radius 3 is 2.88 bits per heavy atom. The van der Waals surface area contributed by atoms with Gasteiger partial charge in [0.15, 0.2) is 11.3 Å². The van der Waals surface area contributed by atoms with Crippen LogP contribution >= 0.6 is 9.39 Å². The maximum Gasteiger partial charge on any atom is 0.300 e. The summed E-state index contributed by atoms with van der Waals surface area (Å²) in [7, 11) is 2.25. The number of nitrogens with two attached hydrogens (primary N) is 1. The van der Waals surface area contributed by atoms with Gasteiger partial charge in [0.1, 0.15) is 0 Å². The fourth-order valence-electron chi connectivity index (χ4n) is 1.44. The Kier molecular flexibility index (Phi) is 2.69. The maximum absolute atomic E-state index is 11.8. The lowest BCUT2D eigenvalue weighted by molar-refractivity contribution is 0.0992. The van der Waals surface area contributed by atoms with E-state index < -0.39 is 22.9 Å². The van der Waals surface area contributed by atoms with Crippen LogP contribution in [0.1, 0.15) is 10.5 Å². The Balaban J connectivity index is 2.96. The lowest BCUT2D eigenvalue weighted by Gasteiger charge is -2.07. The monoisotopic (exact) mass is 252 g/mol. The number of amides is 1. The van der Waals surface area contributed by atoms with E-state index in [1.54, 1.807) is 12.1 Å². The van der Waals surface area contributed by atoms with Crippen LogP contribution in [-0.4, -0.2) is 20.4 Å². The van der Waals surface area contributed by atoms with Crippen LogP contribution in [0.3, 0.4) is 0 Å². The number of nitrogens with zero attached hydrogens (tertiary/aromatic N) is 2. The molecule has 8 heteroatoms. The highest BCUT2D eigenvalue weighted by Gasteiger charge is 2.17. The van der Waals surface area contributed by atoms with Crippen molar-refractivity contribution in [2.24, 2.45) is 5.73 Å². The molecule has 1 unspecified atom stereocenters. The topological polar surface area (TPSA) is 110 Å². The summed E-state index contributed by atoms with van der Waals surface area (Å²) in [5.74, 6) is -1.71. The molecule has 0 saturated carbocycles. The SMILES string of the molecule is NC(=O)c1nc2c(NP)cccn2c(=O)c1O. The Morgan fingerprint density at radius 1 is 1.59 bits per heavy atom. The fourth-order valence-corrected chi connectivity index (χ4v) is 1.66. The molecule has 1 amide bonds. The van der Waals surface area contributed by atoms with Gasteiger partial charge in [-0.3, -0.25) is 14.0 Å².